The van der Waals surface area contributed by atoms with Crippen LogP contribution in [0, 0.1) is 28.6 Å². The van der Waals surface area contributed by atoms with E-state index in [9.17, 15) is 14.4 Å². The topological polar surface area (TPSA) is 105 Å². The van der Waals surface area contributed by atoms with Gasteiger partial charge in [-0.1, -0.05) is 12.1 Å². The van der Waals surface area contributed by atoms with E-state index in [1.165, 1.54) is 0 Å². The van der Waals surface area contributed by atoms with Crippen LogP contribution in [0.4, 0.5) is 0 Å². The highest BCUT2D eigenvalue weighted by Gasteiger charge is 2.66. The normalized spacial score (nSPS) is 37.1. The molecule has 2 aliphatic heterocycles. The van der Waals surface area contributed by atoms with Gasteiger partial charge >= 0.3 is 5.97 Å². The van der Waals surface area contributed by atoms with Gasteiger partial charge in [0.1, 0.15) is 6.54 Å². The minimum Gasteiger partial charge on any atom is -0.480 e. The van der Waals surface area contributed by atoms with E-state index in [0.29, 0.717) is 5.92 Å². The number of amides is 2. The second-order valence-electron chi connectivity index (χ2n) is 11.2. The van der Waals surface area contributed by atoms with Crippen LogP contribution < -0.4 is 14.8 Å². The van der Waals surface area contributed by atoms with Gasteiger partial charge in [-0.3, -0.25) is 14.4 Å². The summed E-state index contributed by atoms with van der Waals surface area (Å²) in [6, 6.07) is 5.90. The van der Waals surface area contributed by atoms with Gasteiger partial charge in [0.25, 0.3) is 0 Å². The number of nitrogens with zero attached hydrogens (tertiary/aromatic N) is 1. The van der Waals surface area contributed by atoms with Crippen molar-refractivity contribution in [2.24, 2.45) is 28.6 Å². The summed E-state index contributed by atoms with van der Waals surface area (Å²) in [6.45, 7) is 3.86. The van der Waals surface area contributed by atoms with Crippen molar-refractivity contribution in [1.82, 2.24) is 10.2 Å². The maximum atomic E-state index is 13.5. The Hall–Kier alpha value is -2.77. The minimum absolute atomic E-state index is 0.0963. The van der Waals surface area contributed by atoms with Crippen LogP contribution in [0.25, 0.3) is 0 Å². The molecule has 1 saturated heterocycles. The largest absolute Gasteiger partial charge is 0.480 e. The van der Waals surface area contributed by atoms with E-state index >= 15 is 0 Å². The van der Waals surface area contributed by atoms with E-state index in [4.69, 9.17) is 14.6 Å². The third-order valence-corrected chi connectivity index (χ3v) is 8.90. The number of carbonyl (C=O) groups is 3. The number of aliphatic carboxylic acids is 1. The van der Waals surface area contributed by atoms with Crippen LogP contribution in [0.2, 0.25) is 0 Å². The van der Waals surface area contributed by atoms with Gasteiger partial charge in [-0.25, -0.2) is 0 Å². The van der Waals surface area contributed by atoms with Crippen molar-refractivity contribution < 1.29 is 29.0 Å². The highest BCUT2D eigenvalue weighted by atomic mass is 16.7. The van der Waals surface area contributed by atoms with Crippen LogP contribution in [0.1, 0.15) is 57.6 Å². The molecule has 8 heteroatoms. The summed E-state index contributed by atoms with van der Waals surface area (Å²) in [7, 11) is 0. The van der Waals surface area contributed by atoms with Gasteiger partial charge in [-0.15, -0.1) is 0 Å². The lowest BCUT2D eigenvalue weighted by Crippen LogP contribution is -2.71. The van der Waals surface area contributed by atoms with Gasteiger partial charge < -0.3 is 24.8 Å². The predicted molar refractivity (Wildman–Crippen MR) is 116 cm³/mol. The molecule has 1 aromatic carbocycles. The molecule has 176 valence electrons. The SMILES string of the molecule is CC1(C)C(=O)N(C2C3CC4CC2CC(C(=O)NCC(=O)O)(C4)C3)C1c1cccc2c1OCO2. The number of benzene rings is 1. The number of carbonyl (C=O) groups excluding carboxylic acids is 2. The molecule has 2 N–H and O–H groups in total. The smallest absolute Gasteiger partial charge is 0.322 e. The average Bonchev–Trinajstić information content (AvgIpc) is 3.25. The van der Waals surface area contributed by atoms with Gasteiger partial charge in [0.2, 0.25) is 18.6 Å². The zero-order valence-corrected chi connectivity index (χ0v) is 19.0. The van der Waals surface area contributed by atoms with E-state index in [1.807, 2.05) is 32.0 Å². The fourth-order valence-corrected chi connectivity index (χ4v) is 7.94. The van der Waals surface area contributed by atoms with E-state index in [2.05, 4.69) is 10.2 Å². The Morgan fingerprint density at radius 1 is 1.15 bits per heavy atom. The predicted octanol–water partition coefficient (Wildman–Crippen LogP) is 2.72. The maximum absolute atomic E-state index is 13.5. The Kier molecular flexibility index (Phi) is 4.33. The lowest BCUT2D eigenvalue weighted by molar-refractivity contribution is -0.199. The number of rotatable bonds is 5. The molecule has 3 atom stereocenters. The summed E-state index contributed by atoms with van der Waals surface area (Å²) in [4.78, 5) is 39.6. The van der Waals surface area contributed by atoms with Crippen LogP contribution >= 0.6 is 0 Å². The number of hydrogen-bond donors (Lipinski definition) is 2. The molecule has 4 bridgehead atoms. The number of fused-ring (bicyclic) bond motifs is 1. The molecule has 4 aliphatic carbocycles. The molecule has 0 radical (unpaired) electrons. The van der Waals surface area contributed by atoms with Crippen molar-refractivity contribution in [2.45, 2.75) is 58.0 Å². The third kappa shape index (κ3) is 2.85. The molecule has 8 nitrogen and oxygen atoms in total. The van der Waals surface area contributed by atoms with Crippen LogP contribution in [0.5, 0.6) is 11.5 Å². The second kappa shape index (κ2) is 6.87. The Morgan fingerprint density at radius 2 is 1.88 bits per heavy atom. The third-order valence-electron chi connectivity index (χ3n) is 8.90. The molecule has 5 fully saturated rings. The molecule has 2 amide bonds. The number of likely N-dealkylation sites (tertiary alicyclic amines) is 1. The van der Waals surface area contributed by atoms with Gasteiger partial charge in [0.05, 0.1) is 16.9 Å². The molecule has 1 aromatic rings. The van der Waals surface area contributed by atoms with Crippen molar-refractivity contribution >= 4 is 17.8 Å². The van der Waals surface area contributed by atoms with Gasteiger partial charge in [-0.05, 0) is 69.8 Å². The van der Waals surface area contributed by atoms with Gasteiger partial charge in [0.15, 0.2) is 11.5 Å². The minimum atomic E-state index is -1.02. The van der Waals surface area contributed by atoms with E-state index in [-0.39, 0.29) is 49.1 Å². The van der Waals surface area contributed by atoms with Crippen molar-refractivity contribution in [1.29, 1.82) is 0 Å². The molecule has 0 spiro atoms. The summed E-state index contributed by atoms with van der Waals surface area (Å²) in [5.74, 6) is 1.44. The average molecular weight is 455 g/mol. The molecular formula is C25H30N2O6. The highest BCUT2D eigenvalue weighted by molar-refractivity contribution is 5.91. The zero-order chi connectivity index (χ0) is 23.1. The van der Waals surface area contributed by atoms with Gasteiger partial charge in [-0.2, -0.15) is 0 Å². The first-order valence-electron chi connectivity index (χ1n) is 11.9. The summed E-state index contributed by atoms with van der Waals surface area (Å²) in [5.41, 5.74) is -0.0316. The number of β-lactam (4-membered cyclic amide) rings is 1. The number of carboxylic acids is 1. The standard InChI is InChI=1S/C25H30N2O6/c1-24(2)21(16-4-3-5-17-20(16)33-12-32-17)27(23(24)31)19-14-6-13-7-15(19)10-25(8-13,9-14)22(30)26-11-18(28)29/h3-5,13-15,19,21H,6-12H2,1-2H3,(H,26,30)(H,28,29). The fourth-order valence-electron chi connectivity index (χ4n) is 7.94. The Bertz CT molecular complexity index is 1040. The summed E-state index contributed by atoms with van der Waals surface area (Å²) in [6.07, 6.45) is 4.33. The van der Waals surface area contributed by atoms with Crippen LogP contribution in [-0.4, -0.2) is 47.2 Å². The lowest BCUT2D eigenvalue weighted by Gasteiger charge is -2.66. The van der Waals surface area contributed by atoms with E-state index < -0.39 is 16.8 Å². The number of carboxylic acid groups (broad SMARTS) is 1. The van der Waals surface area contributed by atoms with Crippen molar-refractivity contribution in [3.05, 3.63) is 23.8 Å². The first-order valence-corrected chi connectivity index (χ1v) is 11.9. The van der Waals surface area contributed by atoms with Crippen LogP contribution in [0.3, 0.4) is 0 Å². The summed E-state index contributed by atoms with van der Waals surface area (Å²) < 4.78 is 11.4. The molecule has 4 saturated carbocycles. The van der Waals surface area contributed by atoms with Crippen molar-refractivity contribution in [3.8, 4) is 11.5 Å². The molecule has 7 rings (SSSR count). The van der Waals surface area contributed by atoms with Gasteiger partial charge in [0, 0.05) is 11.6 Å². The Labute approximate surface area is 192 Å². The number of nitrogens with one attached hydrogen (secondary N) is 1. The second-order valence-corrected chi connectivity index (χ2v) is 11.2. The molecule has 0 aromatic heterocycles. The van der Waals surface area contributed by atoms with Crippen molar-refractivity contribution in [2.75, 3.05) is 13.3 Å². The first kappa shape index (κ1) is 20.8. The molecular weight excluding hydrogens is 424 g/mol. The number of ether oxygens (including phenoxy) is 2. The maximum Gasteiger partial charge on any atom is 0.322 e. The quantitative estimate of drug-likeness (QED) is 0.663. The summed E-state index contributed by atoms with van der Waals surface area (Å²) >= 11 is 0. The van der Waals surface area contributed by atoms with Crippen LogP contribution in [0.15, 0.2) is 18.2 Å². The molecule has 33 heavy (non-hydrogen) atoms. The molecule has 2 heterocycles. The Morgan fingerprint density at radius 3 is 2.58 bits per heavy atom. The molecule has 6 aliphatic rings. The van der Waals surface area contributed by atoms with Crippen molar-refractivity contribution in [3.63, 3.8) is 0 Å². The summed E-state index contributed by atoms with van der Waals surface area (Å²) in [5, 5.41) is 11.6. The monoisotopic (exact) mass is 454 g/mol. The highest BCUT2D eigenvalue weighted by Crippen LogP contribution is 2.65. The fraction of sp³-hybridized carbons (Fsp3) is 0.640. The van der Waals surface area contributed by atoms with E-state index in [0.717, 1.165) is 49.2 Å². The number of para-hydroxylation sites is 1. The first-order chi connectivity index (χ1) is 15.7. The van der Waals surface area contributed by atoms with E-state index in [1.54, 1.807) is 0 Å². The number of hydrogen-bond acceptors (Lipinski definition) is 5. The zero-order valence-electron chi connectivity index (χ0n) is 19.0. The Balaban J connectivity index is 1.31. The molecule has 3 unspecified atom stereocenters. The van der Waals surface area contributed by atoms with Crippen LogP contribution in [-0.2, 0) is 14.4 Å². The lowest BCUT2D eigenvalue weighted by atomic mass is 9.46.